The number of halogens is 1. The largest absolute Gasteiger partial charge is 0.494 e. The van der Waals surface area contributed by atoms with Gasteiger partial charge in [-0.15, -0.1) is 0 Å². The van der Waals surface area contributed by atoms with Crippen LogP contribution in [0.5, 0.6) is 5.75 Å². The fraction of sp³-hybridized carbons (Fsp3) is 0.286. The number of nitro groups is 1. The van der Waals surface area contributed by atoms with Gasteiger partial charge in [-0.3, -0.25) is 14.9 Å². The summed E-state index contributed by atoms with van der Waals surface area (Å²) in [5, 5.41) is 14.7. The van der Waals surface area contributed by atoms with E-state index in [9.17, 15) is 19.3 Å². The predicted molar refractivity (Wildman–Crippen MR) is 117 cm³/mol. The highest BCUT2D eigenvalue weighted by atomic mass is 19.1. The number of morpholine rings is 1. The maximum atomic E-state index is 14.4. The summed E-state index contributed by atoms with van der Waals surface area (Å²) in [5.74, 6) is -0.454. The lowest BCUT2D eigenvalue weighted by molar-refractivity contribution is -0.384. The zero-order valence-corrected chi connectivity index (χ0v) is 17.9. The quantitative estimate of drug-likeness (QED) is 0.324. The molecule has 0 atom stereocenters. The Labute approximate surface area is 187 Å². The van der Waals surface area contributed by atoms with Crippen molar-refractivity contribution in [3.05, 3.63) is 57.8 Å². The fourth-order valence-corrected chi connectivity index (χ4v) is 3.57. The molecule has 3 heterocycles. The fourth-order valence-electron chi connectivity index (χ4n) is 3.57. The number of nitro benzene ring substituents is 1. The third-order valence-corrected chi connectivity index (χ3v) is 5.25. The number of hydrogen-bond acceptors (Lipinski definition) is 9. The number of ether oxygens (including phenoxy) is 2. The highest BCUT2D eigenvalue weighted by Crippen LogP contribution is 2.39. The summed E-state index contributed by atoms with van der Waals surface area (Å²) in [6.07, 6.45) is 4.68. The average Bonchev–Trinajstić information content (AvgIpc) is 3.20. The minimum Gasteiger partial charge on any atom is -0.494 e. The second-order valence-electron chi connectivity index (χ2n) is 7.31. The van der Waals surface area contributed by atoms with Crippen molar-refractivity contribution in [3.63, 3.8) is 0 Å². The summed E-state index contributed by atoms with van der Waals surface area (Å²) in [6, 6.07) is 2.90. The monoisotopic (exact) mass is 456 g/mol. The molecule has 3 aromatic rings. The van der Waals surface area contributed by atoms with E-state index in [4.69, 9.17) is 9.47 Å². The summed E-state index contributed by atoms with van der Waals surface area (Å²) in [5.41, 5.74) is 1.60. The van der Waals surface area contributed by atoms with Crippen molar-refractivity contribution < 1.29 is 23.6 Å². The van der Waals surface area contributed by atoms with E-state index in [2.05, 4.69) is 15.3 Å². The summed E-state index contributed by atoms with van der Waals surface area (Å²) < 4.78 is 26.6. The number of anilines is 3. The SMILES string of the molecule is COc1cc(N2CCOCC2)c([N+](=O)[O-])cc1Nc1ncc(F)c(-n2cc(C)c(C=O)c2)n1. The van der Waals surface area contributed by atoms with Crippen LogP contribution in [0.4, 0.5) is 27.4 Å². The smallest absolute Gasteiger partial charge is 0.294 e. The number of methoxy groups -OCH3 is 1. The minimum atomic E-state index is -0.700. The van der Waals surface area contributed by atoms with Crippen molar-refractivity contribution in [2.75, 3.05) is 43.6 Å². The molecule has 1 N–H and O–H groups in total. The van der Waals surface area contributed by atoms with E-state index in [0.29, 0.717) is 55.2 Å². The van der Waals surface area contributed by atoms with E-state index in [1.165, 1.54) is 23.9 Å². The van der Waals surface area contributed by atoms with Crippen LogP contribution in [0.15, 0.2) is 30.7 Å². The van der Waals surface area contributed by atoms with E-state index in [1.807, 2.05) is 4.90 Å². The molecule has 1 aromatic carbocycles. The van der Waals surface area contributed by atoms with Crippen molar-refractivity contribution in [1.29, 1.82) is 0 Å². The normalized spacial score (nSPS) is 13.6. The van der Waals surface area contributed by atoms with Gasteiger partial charge in [-0.1, -0.05) is 0 Å². The Morgan fingerprint density at radius 1 is 1.30 bits per heavy atom. The number of hydrogen-bond donors (Lipinski definition) is 1. The molecule has 2 aromatic heterocycles. The lowest BCUT2D eigenvalue weighted by atomic mass is 10.2. The van der Waals surface area contributed by atoms with Crippen molar-refractivity contribution >= 4 is 29.3 Å². The van der Waals surface area contributed by atoms with Crippen LogP contribution < -0.4 is 15.0 Å². The van der Waals surface area contributed by atoms with Gasteiger partial charge in [0, 0.05) is 43.2 Å². The summed E-state index contributed by atoms with van der Waals surface area (Å²) >= 11 is 0. The predicted octanol–water partition coefficient (Wildman–Crippen LogP) is 3.02. The topological polar surface area (TPSA) is 125 Å². The Balaban J connectivity index is 1.71. The highest BCUT2D eigenvalue weighted by Gasteiger charge is 2.25. The molecule has 33 heavy (non-hydrogen) atoms. The maximum Gasteiger partial charge on any atom is 0.294 e. The molecular formula is C21H21FN6O5. The molecule has 1 fully saturated rings. The number of benzene rings is 1. The maximum absolute atomic E-state index is 14.4. The number of aromatic nitrogens is 3. The second kappa shape index (κ2) is 9.20. The molecule has 0 aliphatic carbocycles. The van der Waals surface area contributed by atoms with Crippen LogP contribution in [0, 0.1) is 22.9 Å². The molecule has 12 heteroatoms. The molecule has 4 rings (SSSR count). The summed E-state index contributed by atoms with van der Waals surface area (Å²) in [7, 11) is 1.44. The van der Waals surface area contributed by atoms with Crippen LogP contribution in [0.2, 0.25) is 0 Å². The molecule has 0 spiro atoms. The van der Waals surface area contributed by atoms with E-state index in [0.717, 1.165) is 6.20 Å². The summed E-state index contributed by atoms with van der Waals surface area (Å²) in [6.45, 7) is 3.69. The molecule has 0 amide bonds. The van der Waals surface area contributed by atoms with E-state index >= 15 is 0 Å². The van der Waals surface area contributed by atoms with Gasteiger partial charge >= 0.3 is 0 Å². The van der Waals surface area contributed by atoms with Crippen LogP contribution in [0.25, 0.3) is 5.82 Å². The van der Waals surface area contributed by atoms with Gasteiger partial charge in [0.1, 0.15) is 11.4 Å². The first-order valence-corrected chi connectivity index (χ1v) is 10.0. The van der Waals surface area contributed by atoms with Crippen molar-refractivity contribution in [2.24, 2.45) is 0 Å². The van der Waals surface area contributed by atoms with Gasteiger partial charge in [0.05, 0.1) is 37.1 Å². The second-order valence-corrected chi connectivity index (χ2v) is 7.31. The zero-order valence-electron chi connectivity index (χ0n) is 17.9. The number of nitrogens with one attached hydrogen (secondary N) is 1. The van der Waals surface area contributed by atoms with Gasteiger partial charge in [0.15, 0.2) is 17.9 Å². The van der Waals surface area contributed by atoms with Crippen LogP contribution >= 0.6 is 0 Å². The van der Waals surface area contributed by atoms with Crippen LogP contribution in [-0.4, -0.2) is 59.2 Å². The number of nitrogens with zero attached hydrogens (tertiary/aromatic N) is 5. The molecular weight excluding hydrogens is 435 g/mol. The number of aldehydes is 1. The van der Waals surface area contributed by atoms with E-state index in [-0.39, 0.29) is 23.1 Å². The molecule has 172 valence electrons. The third-order valence-electron chi connectivity index (χ3n) is 5.25. The molecule has 0 unspecified atom stereocenters. The Morgan fingerprint density at radius 2 is 2.06 bits per heavy atom. The number of rotatable bonds is 7. The molecule has 0 radical (unpaired) electrons. The van der Waals surface area contributed by atoms with Crippen LogP contribution in [0.3, 0.4) is 0 Å². The molecule has 1 aliphatic heterocycles. The van der Waals surface area contributed by atoms with Gasteiger partial charge in [-0.05, 0) is 12.5 Å². The number of carbonyl (C=O) groups is 1. The van der Waals surface area contributed by atoms with E-state index in [1.54, 1.807) is 19.2 Å². The Kier molecular flexibility index (Phi) is 6.18. The third kappa shape index (κ3) is 4.46. The Bertz CT molecular complexity index is 1210. The van der Waals surface area contributed by atoms with E-state index < -0.39 is 10.7 Å². The molecule has 0 bridgehead atoms. The molecule has 1 saturated heterocycles. The number of carbonyl (C=O) groups excluding carboxylic acids is 1. The lowest BCUT2D eigenvalue weighted by Crippen LogP contribution is -2.36. The first-order chi connectivity index (χ1) is 15.9. The standard InChI is InChI=1S/C21H21FN6O5/c1-13-10-27(11-14(13)12-29)20-15(22)9-23-21(25-20)24-16-7-18(28(30)31)17(8-19(16)32-2)26-3-5-33-6-4-26/h7-12H,3-6H2,1-2H3,(H,23,24,25). The highest BCUT2D eigenvalue weighted by molar-refractivity contribution is 5.78. The Hall–Kier alpha value is -4.06. The average molecular weight is 456 g/mol. The van der Waals surface area contributed by atoms with Crippen LogP contribution in [-0.2, 0) is 4.74 Å². The summed E-state index contributed by atoms with van der Waals surface area (Å²) in [4.78, 5) is 32.4. The number of aryl methyl sites for hydroxylation is 1. The zero-order chi connectivity index (χ0) is 23.5. The first-order valence-electron chi connectivity index (χ1n) is 10.0. The van der Waals surface area contributed by atoms with Gasteiger partial charge in [0.25, 0.3) is 5.69 Å². The van der Waals surface area contributed by atoms with Crippen molar-refractivity contribution in [3.8, 4) is 11.6 Å². The van der Waals surface area contributed by atoms with Gasteiger partial charge in [-0.25, -0.2) is 9.37 Å². The van der Waals surface area contributed by atoms with Crippen molar-refractivity contribution in [1.82, 2.24) is 14.5 Å². The van der Waals surface area contributed by atoms with Gasteiger partial charge < -0.3 is 24.3 Å². The molecule has 0 saturated carbocycles. The minimum absolute atomic E-state index is 0.00266. The van der Waals surface area contributed by atoms with Crippen molar-refractivity contribution in [2.45, 2.75) is 6.92 Å². The first kappa shape index (κ1) is 22.1. The van der Waals surface area contributed by atoms with Crippen LogP contribution in [0.1, 0.15) is 15.9 Å². The van der Waals surface area contributed by atoms with Gasteiger partial charge in [-0.2, -0.15) is 4.98 Å². The Morgan fingerprint density at radius 3 is 2.70 bits per heavy atom. The lowest BCUT2D eigenvalue weighted by Gasteiger charge is -2.29. The molecule has 1 aliphatic rings. The van der Waals surface area contributed by atoms with Gasteiger partial charge in [0.2, 0.25) is 5.95 Å². The molecule has 11 nitrogen and oxygen atoms in total.